The standard InChI is InChI=1S/C4H4O3/c5-3-4-6-1-2-7-4/h1-2H2. The molecule has 1 aliphatic heterocycles. The zero-order valence-electron chi connectivity index (χ0n) is 3.64. The third kappa shape index (κ3) is 0.725. The second kappa shape index (κ2) is 1.67. The molecule has 0 bridgehead atoms. The quantitative estimate of drug-likeness (QED) is 0.392. The molecule has 0 saturated carbocycles. The molecule has 0 spiro atoms. The summed E-state index contributed by atoms with van der Waals surface area (Å²) in [5.74, 6) is 1.47. The lowest BCUT2D eigenvalue weighted by atomic mass is 10.8. The summed E-state index contributed by atoms with van der Waals surface area (Å²) in [5, 5.41) is 0. The van der Waals surface area contributed by atoms with Gasteiger partial charge < -0.3 is 9.47 Å². The second-order valence-corrected chi connectivity index (χ2v) is 1.09. The van der Waals surface area contributed by atoms with Crippen LogP contribution >= 0.6 is 0 Å². The lowest BCUT2D eigenvalue weighted by Gasteiger charge is -1.83. The summed E-state index contributed by atoms with van der Waals surface area (Å²) in [6.45, 7) is 0.954. The van der Waals surface area contributed by atoms with Gasteiger partial charge in [-0.25, -0.2) is 4.79 Å². The van der Waals surface area contributed by atoms with Crippen molar-refractivity contribution in [2.45, 2.75) is 0 Å². The van der Waals surface area contributed by atoms with E-state index in [1.165, 1.54) is 5.94 Å². The first-order valence-corrected chi connectivity index (χ1v) is 1.94. The van der Waals surface area contributed by atoms with Crippen molar-refractivity contribution in [3.63, 3.8) is 0 Å². The topological polar surface area (TPSA) is 35.5 Å². The fourth-order valence-corrected chi connectivity index (χ4v) is 0.369. The molecule has 0 radical (unpaired) electrons. The Kier molecular flexibility index (Phi) is 1.00. The Balaban J connectivity index is 2.57. The van der Waals surface area contributed by atoms with Gasteiger partial charge >= 0.3 is 5.95 Å². The molecule has 1 saturated heterocycles. The predicted octanol–water partition coefficient (Wildman–Crippen LogP) is -0.294. The maximum atomic E-state index is 9.60. The van der Waals surface area contributed by atoms with E-state index in [4.69, 9.17) is 0 Å². The van der Waals surface area contributed by atoms with Crippen molar-refractivity contribution in [1.29, 1.82) is 0 Å². The molecule has 7 heavy (non-hydrogen) atoms. The largest absolute Gasteiger partial charge is 0.453 e. The molecule has 1 aliphatic rings. The molecule has 1 fully saturated rings. The Bertz CT molecular complexity index is 104. The second-order valence-electron chi connectivity index (χ2n) is 1.09. The highest BCUT2D eigenvalue weighted by Gasteiger charge is 2.06. The summed E-state index contributed by atoms with van der Waals surface area (Å²) in [6.07, 6.45) is 0. The molecule has 0 N–H and O–H groups in total. The molecule has 0 unspecified atom stereocenters. The molecule has 1 rings (SSSR count). The summed E-state index contributed by atoms with van der Waals surface area (Å²) in [5.41, 5.74) is 0. The Labute approximate surface area is 40.5 Å². The number of ether oxygens (including phenoxy) is 2. The summed E-state index contributed by atoms with van der Waals surface area (Å²) in [6, 6.07) is 0. The van der Waals surface area contributed by atoms with E-state index in [0.29, 0.717) is 13.2 Å². The molecule has 3 heteroatoms. The molecule has 0 aromatic rings. The molecule has 38 valence electrons. The lowest BCUT2D eigenvalue weighted by molar-refractivity contribution is 0.181. The van der Waals surface area contributed by atoms with Crippen molar-refractivity contribution in [2.75, 3.05) is 13.2 Å². The Hall–Kier alpha value is -0.950. The fourth-order valence-electron chi connectivity index (χ4n) is 0.369. The van der Waals surface area contributed by atoms with E-state index in [0.717, 1.165) is 0 Å². The van der Waals surface area contributed by atoms with Crippen LogP contribution in [0.4, 0.5) is 0 Å². The Morgan fingerprint density at radius 1 is 1.43 bits per heavy atom. The van der Waals surface area contributed by atoms with Gasteiger partial charge in [-0.15, -0.1) is 0 Å². The number of rotatable bonds is 0. The van der Waals surface area contributed by atoms with Crippen molar-refractivity contribution in [2.24, 2.45) is 0 Å². The van der Waals surface area contributed by atoms with Crippen LogP contribution in [0.5, 0.6) is 0 Å². The molecule has 0 aliphatic carbocycles. The van der Waals surface area contributed by atoms with Gasteiger partial charge in [-0.05, 0) is 0 Å². The summed E-state index contributed by atoms with van der Waals surface area (Å²) in [4.78, 5) is 9.60. The molecule has 3 nitrogen and oxygen atoms in total. The van der Waals surface area contributed by atoms with Crippen LogP contribution in [0.3, 0.4) is 0 Å². The van der Waals surface area contributed by atoms with Gasteiger partial charge in [0.15, 0.2) is 0 Å². The van der Waals surface area contributed by atoms with Crippen LogP contribution in [0, 0.1) is 0 Å². The number of hydrogen-bond donors (Lipinski definition) is 0. The van der Waals surface area contributed by atoms with Crippen molar-refractivity contribution < 1.29 is 14.3 Å². The van der Waals surface area contributed by atoms with Crippen LogP contribution < -0.4 is 0 Å². The third-order valence-corrected chi connectivity index (χ3v) is 0.633. The van der Waals surface area contributed by atoms with Gasteiger partial charge in [0, 0.05) is 0 Å². The van der Waals surface area contributed by atoms with E-state index in [9.17, 15) is 4.79 Å². The maximum absolute atomic E-state index is 9.60. The monoisotopic (exact) mass is 100 g/mol. The molecular weight excluding hydrogens is 96.0 g/mol. The normalized spacial score (nSPS) is 17.4. The van der Waals surface area contributed by atoms with Gasteiger partial charge in [0.2, 0.25) is 5.94 Å². The molecule has 1 heterocycles. The van der Waals surface area contributed by atoms with E-state index in [2.05, 4.69) is 9.47 Å². The molecule has 0 aromatic carbocycles. The van der Waals surface area contributed by atoms with Crippen molar-refractivity contribution in [3.8, 4) is 0 Å². The smallest absolute Gasteiger partial charge is 0.370 e. The maximum Gasteiger partial charge on any atom is 0.370 e. The summed E-state index contributed by atoms with van der Waals surface area (Å²) in [7, 11) is 0. The first-order valence-electron chi connectivity index (χ1n) is 1.94. The minimum absolute atomic E-state index is 0.0139. The highest BCUT2D eigenvalue weighted by Crippen LogP contribution is 2.01. The highest BCUT2D eigenvalue weighted by molar-refractivity contribution is 5.46. The zero-order chi connectivity index (χ0) is 5.11. The van der Waals surface area contributed by atoms with Gasteiger partial charge in [0.05, 0.1) is 0 Å². The van der Waals surface area contributed by atoms with Crippen LogP contribution in [-0.2, 0) is 14.3 Å². The first kappa shape index (κ1) is 4.22. The molecule has 0 aromatic heterocycles. The van der Waals surface area contributed by atoms with Gasteiger partial charge in [-0.2, -0.15) is 0 Å². The predicted molar refractivity (Wildman–Crippen MR) is 21.1 cm³/mol. The minimum atomic E-state index is -0.0139. The van der Waals surface area contributed by atoms with Crippen LogP contribution in [0.25, 0.3) is 0 Å². The van der Waals surface area contributed by atoms with E-state index >= 15 is 0 Å². The van der Waals surface area contributed by atoms with E-state index in [1.807, 2.05) is 0 Å². The molecular formula is C4H4O3. The van der Waals surface area contributed by atoms with E-state index < -0.39 is 0 Å². The average Bonchev–Trinajstić information content (AvgIpc) is 2.14. The van der Waals surface area contributed by atoms with Crippen LogP contribution in [0.1, 0.15) is 0 Å². The first-order chi connectivity index (χ1) is 3.43. The SMILES string of the molecule is O=C=C1OCCO1. The van der Waals surface area contributed by atoms with Gasteiger partial charge in [0.1, 0.15) is 13.2 Å². The van der Waals surface area contributed by atoms with Crippen molar-refractivity contribution >= 4 is 5.94 Å². The third-order valence-electron chi connectivity index (χ3n) is 0.633. The number of carbonyl (C=O) groups excluding carboxylic acids is 1. The van der Waals surface area contributed by atoms with Gasteiger partial charge in [-0.3, -0.25) is 0 Å². The van der Waals surface area contributed by atoms with Crippen LogP contribution in [0.15, 0.2) is 5.95 Å². The molecule has 0 amide bonds. The minimum Gasteiger partial charge on any atom is -0.453 e. The van der Waals surface area contributed by atoms with E-state index in [-0.39, 0.29) is 5.95 Å². The molecule has 0 atom stereocenters. The lowest BCUT2D eigenvalue weighted by Crippen LogP contribution is -1.79. The summed E-state index contributed by atoms with van der Waals surface area (Å²) < 4.78 is 9.15. The number of hydrogen-bond acceptors (Lipinski definition) is 3. The van der Waals surface area contributed by atoms with Crippen molar-refractivity contribution in [3.05, 3.63) is 5.95 Å². The van der Waals surface area contributed by atoms with Crippen molar-refractivity contribution in [1.82, 2.24) is 0 Å². The van der Waals surface area contributed by atoms with Gasteiger partial charge in [-0.1, -0.05) is 0 Å². The average molecular weight is 100 g/mol. The fraction of sp³-hybridized carbons (Fsp3) is 0.500. The summed E-state index contributed by atoms with van der Waals surface area (Å²) >= 11 is 0. The van der Waals surface area contributed by atoms with Crippen LogP contribution in [0.2, 0.25) is 0 Å². The van der Waals surface area contributed by atoms with E-state index in [1.54, 1.807) is 0 Å². The zero-order valence-corrected chi connectivity index (χ0v) is 3.64. The highest BCUT2D eigenvalue weighted by atomic mass is 16.7. The Morgan fingerprint density at radius 3 is 2.29 bits per heavy atom. The Morgan fingerprint density at radius 2 is 2.00 bits per heavy atom. The van der Waals surface area contributed by atoms with Crippen LogP contribution in [-0.4, -0.2) is 19.2 Å². The van der Waals surface area contributed by atoms with Gasteiger partial charge in [0.25, 0.3) is 0 Å².